The zero-order valence-corrected chi connectivity index (χ0v) is 16.2. The Bertz CT molecular complexity index is 719. The Hall–Kier alpha value is -1.65. The van der Waals surface area contributed by atoms with Gasteiger partial charge in [0.1, 0.15) is 0 Å². The van der Waals surface area contributed by atoms with E-state index in [1.165, 1.54) is 41.7 Å². The summed E-state index contributed by atoms with van der Waals surface area (Å²) >= 11 is 1.83. The molecule has 3 nitrogen and oxygen atoms in total. The molecule has 26 heavy (non-hydrogen) atoms. The molecular formula is C22H28N2OS. The normalized spacial score (nSPS) is 18.7. The van der Waals surface area contributed by atoms with E-state index in [1.54, 1.807) is 0 Å². The lowest BCUT2D eigenvalue weighted by Crippen LogP contribution is -2.44. The van der Waals surface area contributed by atoms with E-state index in [0.29, 0.717) is 12.5 Å². The van der Waals surface area contributed by atoms with Gasteiger partial charge < -0.3 is 4.90 Å². The van der Waals surface area contributed by atoms with Crippen molar-refractivity contribution in [2.24, 2.45) is 5.92 Å². The van der Waals surface area contributed by atoms with E-state index in [4.69, 9.17) is 0 Å². The maximum atomic E-state index is 12.7. The first-order valence-electron chi connectivity index (χ1n) is 9.87. The second-order valence-electron chi connectivity index (χ2n) is 7.68. The number of carbonyl (C=O) groups excluding carboxylic acids is 1. The molecule has 2 aliphatic heterocycles. The van der Waals surface area contributed by atoms with Crippen LogP contribution < -0.4 is 0 Å². The molecule has 0 aliphatic carbocycles. The summed E-state index contributed by atoms with van der Waals surface area (Å²) in [6.07, 6.45) is 5.95. The van der Waals surface area contributed by atoms with Crippen LogP contribution in [-0.4, -0.2) is 41.9 Å². The lowest BCUT2D eigenvalue weighted by molar-refractivity contribution is -0.133. The SMILES string of the molecule is O=C(CN1CCC(CCc2ccccc2)CC1)N1CCc2sccc2C1. The van der Waals surface area contributed by atoms with Crippen molar-refractivity contribution in [2.45, 2.75) is 38.6 Å². The molecule has 1 amide bonds. The van der Waals surface area contributed by atoms with E-state index < -0.39 is 0 Å². The fourth-order valence-corrected chi connectivity index (χ4v) is 5.09. The lowest BCUT2D eigenvalue weighted by Gasteiger charge is -2.34. The molecule has 0 bridgehead atoms. The van der Waals surface area contributed by atoms with Crippen LogP contribution in [0.2, 0.25) is 0 Å². The van der Waals surface area contributed by atoms with E-state index in [9.17, 15) is 4.79 Å². The van der Waals surface area contributed by atoms with Gasteiger partial charge in [0.05, 0.1) is 6.54 Å². The first-order chi connectivity index (χ1) is 12.8. The minimum atomic E-state index is 0.310. The van der Waals surface area contributed by atoms with Gasteiger partial charge in [-0.2, -0.15) is 0 Å². The molecule has 2 aliphatic rings. The predicted molar refractivity (Wildman–Crippen MR) is 107 cm³/mol. The number of nitrogens with zero attached hydrogens (tertiary/aromatic N) is 2. The zero-order chi connectivity index (χ0) is 17.8. The molecule has 1 fully saturated rings. The van der Waals surface area contributed by atoms with Crippen LogP contribution in [0.3, 0.4) is 0 Å². The maximum Gasteiger partial charge on any atom is 0.237 e. The van der Waals surface area contributed by atoms with Gasteiger partial charge in [0, 0.05) is 18.0 Å². The number of amides is 1. The number of hydrogen-bond acceptors (Lipinski definition) is 3. The topological polar surface area (TPSA) is 23.6 Å². The first kappa shape index (κ1) is 17.7. The second kappa shape index (κ2) is 8.36. The van der Waals surface area contributed by atoms with Crippen molar-refractivity contribution in [3.8, 4) is 0 Å². The van der Waals surface area contributed by atoms with Gasteiger partial charge in [0.25, 0.3) is 0 Å². The van der Waals surface area contributed by atoms with Crippen LogP contribution >= 0.6 is 11.3 Å². The molecule has 1 saturated heterocycles. The van der Waals surface area contributed by atoms with E-state index in [2.05, 4.69) is 51.6 Å². The molecule has 0 atom stereocenters. The number of carbonyl (C=O) groups is 1. The van der Waals surface area contributed by atoms with Crippen molar-refractivity contribution >= 4 is 17.2 Å². The van der Waals surface area contributed by atoms with Gasteiger partial charge in [-0.25, -0.2) is 0 Å². The maximum absolute atomic E-state index is 12.7. The number of piperidine rings is 1. The third-order valence-electron chi connectivity index (χ3n) is 5.91. The highest BCUT2D eigenvalue weighted by Crippen LogP contribution is 2.25. The largest absolute Gasteiger partial charge is 0.337 e. The van der Waals surface area contributed by atoms with Gasteiger partial charge in [-0.05, 0) is 73.7 Å². The number of hydrogen-bond donors (Lipinski definition) is 0. The van der Waals surface area contributed by atoms with E-state index in [0.717, 1.165) is 38.5 Å². The van der Waals surface area contributed by atoms with Crippen molar-refractivity contribution in [3.05, 3.63) is 57.8 Å². The Morgan fingerprint density at radius 2 is 1.88 bits per heavy atom. The number of rotatable bonds is 5. The molecule has 0 N–H and O–H groups in total. The smallest absolute Gasteiger partial charge is 0.237 e. The molecule has 138 valence electrons. The number of likely N-dealkylation sites (tertiary alicyclic amines) is 1. The predicted octanol–water partition coefficient (Wildman–Crippen LogP) is 3.98. The third kappa shape index (κ3) is 4.36. The lowest BCUT2D eigenvalue weighted by atomic mass is 9.90. The average molecular weight is 369 g/mol. The molecule has 1 aromatic carbocycles. The summed E-state index contributed by atoms with van der Waals surface area (Å²) in [5.41, 5.74) is 2.80. The van der Waals surface area contributed by atoms with Crippen molar-refractivity contribution in [1.29, 1.82) is 0 Å². The highest BCUT2D eigenvalue weighted by atomic mass is 32.1. The highest BCUT2D eigenvalue weighted by Gasteiger charge is 2.25. The van der Waals surface area contributed by atoms with Crippen LogP contribution in [-0.2, 0) is 24.2 Å². The Balaban J connectivity index is 1.20. The van der Waals surface area contributed by atoms with Crippen LogP contribution in [0.5, 0.6) is 0 Å². The highest BCUT2D eigenvalue weighted by molar-refractivity contribution is 7.10. The Morgan fingerprint density at radius 3 is 2.69 bits per heavy atom. The summed E-state index contributed by atoms with van der Waals surface area (Å²) in [5, 5.41) is 2.15. The van der Waals surface area contributed by atoms with Gasteiger partial charge in [-0.3, -0.25) is 9.69 Å². The molecule has 3 heterocycles. The van der Waals surface area contributed by atoms with Crippen molar-refractivity contribution in [2.75, 3.05) is 26.2 Å². The fraction of sp³-hybridized carbons (Fsp3) is 0.500. The first-order valence-corrected chi connectivity index (χ1v) is 10.7. The molecule has 0 spiro atoms. The van der Waals surface area contributed by atoms with Crippen LogP contribution in [0.15, 0.2) is 41.8 Å². The van der Waals surface area contributed by atoms with E-state index in [1.807, 2.05) is 11.3 Å². The van der Waals surface area contributed by atoms with Gasteiger partial charge in [-0.1, -0.05) is 30.3 Å². The molecule has 1 aromatic heterocycles. The molecule has 0 unspecified atom stereocenters. The number of benzene rings is 1. The van der Waals surface area contributed by atoms with Crippen molar-refractivity contribution in [1.82, 2.24) is 9.80 Å². The zero-order valence-electron chi connectivity index (χ0n) is 15.4. The Kier molecular flexibility index (Phi) is 5.71. The van der Waals surface area contributed by atoms with Crippen LogP contribution in [0.25, 0.3) is 0 Å². The van der Waals surface area contributed by atoms with Crippen molar-refractivity contribution in [3.63, 3.8) is 0 Å². The van der Waals surface area contributed by atoms with Gasteiger partial charge in [0.2, 0.25) is 5.91 Å². The molecule has 0 saturated carbocycles. The Morgan fingerprint density at radius 1 is 1.08 bits per heavy atom. The summed E-state index contributed by atoms with van der Waals surface area (Å²) in [7, 11) is 0. The van der Waals surface area contributed by atoms with Crippen LogP contribution in [0.1, 0.15) is 35.3 Å². The summed E-state index contributed by atoms with van der Waals surface area (Å²) in [6.45, 7) is 4.45. The summed E-state index contributed by atoms with van der Waals surface area (Å²) in [5.74, 6) is 1.12. The standard InChI is InChI=1S/C22H28N2OS/c25-22(24-14-10-21-20(16-24)11-15-26-21)17-23-12-8-19(9-13-23)7-6-18-4-2-1-3-5-18/h1-5,11,15,19H,6-10,12-14,16-17H2. The Labute approximate surface area is 160 Å². The van der Waals surface area contributed by atoms with E-state index in [-0.39, 0.29) is 0 Å². The quantitative estimate of drug-likeness (QED) is 0.797. The van der Waals surface area contributed by atoms with Gasteiger partial charge >= 0.3 is 0 Å². The monoisotopic (exact) mass is 368 g/mol. The van der Waals surface area contributed by atoms with Crippen molar-refractivity contribution < 1.29 is 4.79 Å². The summed E-state index contributed by atoms with van der Waals surface area (Å²) in [6, 6.07) is 13.0. The van der Waals surface area contributed by atoms with Crippen LogP contribution in [0.4, 0.5) is 0 Å². The minimum Gasteiger partial charge on any atom is -0.337 e. The molecule has 4 rings (SSSR count). The number of fused-ring (bicyclic) bond motifs is 1. The van der Waals surface area contributed by atoms with Gasteiger partial charge in [-0.15, -0.1) is 11.3 Å². The average Bonchev–Trinajstić information content (AvgIpc) is 3.16. The summed E-state index contributed by atoms with van der Waals surface area (Å²) in [4.78, 5) is 18.6. The van der Waals surface area contributed by atoms with Crippen LogP contribution in [0, 0.1) is 5.92 Å². The fourth-order valence-electron chi connectivity index (χ4n) is 4.20. The van der Waals surface area contributed by atoms with E-state index >= 15 is 0 Å². The number of thiophene rings is 1. The third-order valence-corrected chi connectivity index (χ3v) is 6.93. The van der Waals surface area contributed by atoms with Gasteiger partial charge in [0.15, 0.2) is 0 Å². The molecule has 0 radical (unpaired) electrons. The second-order valence-corrected chi connectivity index (χ2v) is 8.68. The molecule has 2 aromatic rings. The number of aryl methyl sites for hydroxylation is 1. The minimum absolute atomic E-state index is 0.310. The summed E-state index contributed by atoms with van der Waals surface area (Å²) < 4.78 is 0. The molecule has 4 heteroatoms. The molecular weight excluding hydrogens is 340 g/mol.